The van der Waals surface area contributed by atoms with Gasteiger partial charge in [0.05, 0.1) is 23.3 Å². The lowest BCUT2D eigenvalue weighted by Crippen LogP contribution is -1.99. The summed E-state index contributed by atoms with van der Waals surface area (Å²) in [6.07, 6.45) is 1.80. The largest absolute Gasteiger partial charge is 0.236 e. The van der Waals surface area contributed by atoms with E-state index in [-0.39, 0.29) is 0 Å². The number of hydrogen-bond acceptors (Lipinski definition) is 4. The summed E-state index contributed by atoms with van der Waals surface area (Å²) in [6, 6.07) is 26.9. The van der Waals surface area contributed by atoms with Crippen LogP contribution in [-0.2, 0) is 0 Å². The number of hydrogen-bond donors (Lipinski definition) is 0. The van der Waals surface area contributed by atoms with Crippen molar-refractivity contribution in [2.75, 3.05) is 0 Å². The van der Waals surface area contributed by atoms with E-state index in [1.165, 1.54) is 5.56 Å². The maximum Gasteiger partial charge on any atom is 0.124 e. The van der Waals surface area contributed by atoms with Crippen LogP contribution in [0.5, 0.6) is 0 Å². The molecular formula is C24H18N4S. The average Bonchev–Trinajstić information content (AvgIpc) is 3.45. The Morgan fingerprint density at radius 2 is 1.48 bits per heavy atom. The molecule has 0 aliphatic heterocycles. The van der Waals surface area contributed by atoms with E-state index in [1.807, 2.05) is 22.9 Å². The third kappa shape index (κ3) is 3.48. The van der Waals surface area contributed by atoms with Gasteiger partial charge in [-0.2, -0.15) is 0 Å². The lowest BCUT2D eigenvalue weighted by atomic mass is 10.1. The van der Waals surface area contributed by atoms with Crippen LogP contribution in [0.1, 0.15) is 5.56 Å². The summed E-state index contributed by atoms with van der Waals surface area (Å²) in [4.78, 5) is 4.80. The lowest BCUT2D eigenvalue weighted by Gasteiger charge is -2.07. The predicted molar refractivity (Wildman–Crippen MR) is 118 cm³/mol. The summed E-state index contributed by atoms with van der Waals surface area (Å²) in [5.74, 6) is 0. The lowest BCUT2D eigenvalue weighted by molar-refractivity contribution is 0.808. The van der Waals surface area contributed by atoms with Crippen LogP contribution in [0.15, 0.2) is 90.4 Å². The standard InChI is InChI=1S/C24H18N4S/c1-17-7-9-19(10-8-17)23-15-25-27-28(23)21-13-11-20(12-14-21)24-26-22(16-29-24)18-5-3-2-4-6-18/h2-16H,1H3. The molecule has 0 amide bonds. The molecule has 0 aliphatic rings. The van der Waals surface area contributed by atoms with Gasteiger partial charge in [0, 0.05) is 22.1 Å². The van der Waals surface area contributed by atoms with Crippen LogP contribution in [0.25, 0.3) is 38.8 Å². The first kappa shape index (κ1) is 17.5. The van der Waals surface area contributed by atoms with Gasteiger partial charge in [0.2, 0.25) is 0 Å². The Balaban J connectivity index is 1.44. The molecular weight excluding hydrogens is 376 g/mol. The van der Waals surface area contributed by atoms with Crippen LogP contribution in [0, 0.1) is 6.92 Å². The molecule has 0 bridgehead atoms. The molecule has 5 rings (SSSR count). The second-order valence-corrected chi connectivity index (χ2v) is 7.71. The van der Waals surface area contributed by atoms with Crippen LogP contribution in [0.3, 0.4) is 0 Å². The van der Waals surface area contributed by atoms with Gasteiger partial charge in [-0.3, -0.25) is 0 Å². The highest BCUT2D eigenvalue weighted by Crippen LogP contribution is 2.30. The van der Waals surface area contributed by atoms with E-state index in [0.29, 0.717) is 0 Å². The normalized spacial score (nSPS) is 10.9. The fraction of sp³-hybridized carbons (Fsp3) is 0.0417. The van der Waals surface area contributed by atoms with Gasteiger partial charge in [-0.15, -0.1) is 16.4 Å². The van der Waals surface area contributed by atoms with Crippen LogP contribution >= 0.6 is 11.3 Å². The first-order valence-electron chi connectivity index (χ1n) is 9.37. The molecule has 5 heteroatoms. The van der Waals surface area contributed by atoms with Gasteiger partial charge in [-0.1, -0.05) is 65.4 Å². The van der Waals surface area contributed by atoms with E-state index < -0.39 is 0 Å². The number of thiazole rings is 1. The van der Waals surface area contributed by atoms with Gasteiger partial charge < -0.3 is 0 Å². The van der Waals surface area contributed by atoms with Crippen molar-refractivity contribution in [3.05, 3.63) is 96.0 Å². The van der Waals surface area contributed by atoms with E-state index in [1.54, 1.807) is 17.5 Å². The second kappa shape index (κ2) is 7.45. The average molecular weight is 395 g/mol. The Morgan fingerprint density at radius 3 is 2.24 bits per heavy atom. The molecule has 0 spiro atoms. The highest BCUT2D eigenvalue weighted by molar-refractivity contribution is 7.13. The van der Waals surface area contributed by atoms with Crippen molar-refractivity contribution in [3.8, 4) is 38.8 Å². The zero-order chi connectivity index (χ0) is 19.6. The van der Waals surface area contributed by atoms with E-state index >= 15 is 0 Å². The molecule has 0 aliphatic carbocycles. The minimum Gasteiger partial charge on any atom is -0.236 e. The Labute approximate surface area is 173 Å². The minimum absolute atomic E-state index is 0.971. The summed E-state index contributed by atoms with van der Waals surface area (Å²) in [5, 5.41) is 11.5. The molecule has 0 saturated carbocycles. The van der Waals surface area contributed by atoms with E-state index in [0.717, 1.165) is 38.8 Å². The molecule has 0 atom stereocenters. The van der Waals surface area contributed by atoms with Crippen molar-refractivity contribution >= 4 is 11.3 Å². The third-order valence-corrected chi connectivity index (χ3v) is 5.72. The Morgan fingerprint density at radius 1 is 0.759 bits per heavy atom. The smallest absolute Gasteiger partial charge is 0.124 e. The molecule has 0 radical (unpaired) electrons. The van der Waals surface area contributed by atoms with Crippen molar-refractivity contribution in [2.24, 2.45) is 0 Å². The molecule has 5 aromatic rings. The quantitative estimate of drug-likeness (QED) is 0.374. The highest BCUT2D eigenvalue weighted by atomic mass is 32.1. The van der Waals surface area contributed by atoms with E-state index in [4.69, 9.17) is 4.98 Å². The second-order valence-electron chi connectivity index (χ2n) is 6.85. The minimum atomic E-state index is 0.971. The maximum absolute atomic E-state index is 4.80. The van der Waals surface area contributed by atoms with Gasteiger partial charge in [0.1, 0.15) is 5.01 Å². The van der Waals surface area contributed by atoms with Crippen molar-refractivity contribution in [2.45, 2.75) is 6.92 Å². The predicted octanol–water partition coefficient (Wildman–Crippen LogP) is 6.03. The Bertz CT molecular complexity index is 1240. The molecule has 0 fully saturated rings. The van der Waals surface area contributed by atoms with E-state index in [2.05, 4.69) is 83.3 Å². The summed E-state index contributed by atoms with van der Waals surface area (Å²) >= 11 is 1.66. The summed E-state index contributed by atoms with van der Waals surface area (Å²) in [5.41, 5.74) is 7.51. The third-order valence-electron chi connectivity index (χ3n) is 4.83. The topological polar surface area (TPSA) is 43.6 Å². The van der Waals surface area contributed by atoms with Crippen molar-refractivity contribution < 1.29 is 0 Å². The molecule has 0 saturated heterocycles. The molecule has 0 unspecified atom stereocenters. The van der Waals surface area contributed by atoms with Crippen molar-refractivity contribution in [1.82, 2.24) is 20.0 Å². The number of aryl methyl sites for hydroxylation is 1. The van der Waals surface area contributed by atoms with Crippen molar-refractivity contribution in [1.29, 1.82) is 0 Å². The maximum atomic E-state index is 4.80. The fourth-order valence-corrected chi connectivity index (χ4v) is 4.08. The van der Waals surface area contributed by atoms with Gasteiger partial charge in [0.25, 0.3) is 0 Å². The zero-order valence-corrected chi connectivity index (χ0v) is 16.7. The number of aromatic nitrogens is 4. The number of rotatable bonds is 4. The number of nitrogens with zero attached hydrogens (tertiary/aromatic N) is 4. The van der Waals surface area contributed by atoms with Crippen LogP contribution in [-0.4, -0.2) is 20.0 Å². The summed E-state index contributed by atoms with van der Waals surface area (Å²) in [7, 11) is 0. The van der Waals surface area contributed by atoms with Gasteiger partial charge in [0.15, 0.2) is 0 Å². The SMILES string of the molecule is Cc1ccc(-c2cnnn2-c2ccc(-c3nc(-c4ccccc4)cs3)cc2)cc1. The van der Waals surface area contributed by atoms with Gasteiger partial charge >= 0.3 is 0 Å². The first-order valence-corrected chi connectivity index (χ1v) is 10.3. The molecule has 29 heavy (non-hydrogen) atoms. The molecule has 140 valence electrons. The monoisotopic (exact) mass is 394 g/mol. The Kier molecular flexibility index (Phi) is 4.50. The zero-order valence-electron chi connectivity index (χ0n) is 15.9. The number of benzene rings is 3. The molecule has 4 nitrogen and oxygen atoms in total. The van der Waals surface area contributed by atoms with Gasteiger partial charge in [-0.25, -0.2) is 9.67 Å². The van der Waals surface area contributed by atoms with Gasteiger partial charge in [-0.05, 0) is 31.2 Å². The first-order chi connectivity index (χ1) is 14.3. The highest BCUT2D eigenvalue weighted by Gasteiger charge is 2.10. The van der Waals surface area contributed by atoms with Crippen molar-refractivity contribution in [3.63, 3.8) is 0 Å². The van der Waals surface area contributed by atoms with E-state index in [9.17, 15) is 0 Å². The molecule has 0 N–H and O–H groups in total. The Hall–Kier alpha value is -3.57. The molecule has 2 heterocycles. The van der Waals surface area contributed by atoms with Crippen LogP contribution in [0.2, 0.25) is 0 Å². The summed E-state index contributed by atoms with van der Waals surface area (Å²) < 4.78 is 1.87. The molecule has 2 aromatic heterocycles. The summed E-state index contributed by atoms with van der Waals surface area (Å²) in [6.45, 7) is 2.08. The fourth-order valence-electron chi connectivity index (χ4n) is 3.24. The van der Waals surface area contributed by atoms with Crippen LogP contribution < -0.4 is 0 Å². The molecule has 3 aromatic carbocycles. The van der Waals surface area contributed by atoms with Crippen LogP contribution in [0.4, 0.5) is 0 Å².